The fraction of sp³-hybridized carbons (Fsp3) is 0.667. The van der Waals surface area contributed by atoms with Crippen molar-refractivity contribution in [2.24, 2.45) is 5.73 Å². The number of rotatable bonds is 5. The van der Waals surface area contributed by atoms with Crippen LogP contribution in [0.2, 0.25) is 0 Å². The van der Waals surface area contributed by atoms with E-state index >= 15 is 0 Å². The highest BCUT2D eigenvalue weighted by Gasteiger charge is 2.29. The van der Waals surface area contributed by atoms with Crippen molar-refractivity contribution in [3.05, 3.63) is 29.8 Å². The molecule has 0 aromatic heterocycles. The average Bonchev–Trinajstić information content (AvgIpc) is 2.66. The average molecular weight is 431 g/mol. The summed E-state index contributed by atoms with van der Waals surface area (Å²) in [5.74, 6) is 0.285. The minimum Gasteiger partial charge on any atom is -0.369 e. The first-order chi connectivity index (χ1) is 12.5. The lowest BCUT2D eigenvalue weighted by molar-refractivity contribution is -0.135. The lowest BCUT2D eigenvalue weighted by Crippen LogP contribution is -2.52. The first-order valence-corrected chi connectivity index (χ1v) is 10.1. The van der Waals surface area contributed by atoms with Crippen LogP contribution in [0.1, 0.15) is 38.2 Å². The van der Waals surface area contributed by atoms with Gasteiger partial charge in [-0.25, -0.2) is 0 Å². The van der Waals surface area contributed by atoms with Gasteiger partial charge in [-0.1, -0.05) is 12.1 Å². The Morgan fingerprint density at radius 2 is 1.86 bits per heavy atom. The van der Waals surface area contributed by atoms with Crippen LogP contribution in [-0.2, 0) is 4.79 Å². The second-order valence-corrected chi connectivity index (χ2v) is 7.93. The number of piperidine rings is 1. The van der Waals surface area contributed by atoms with E-state index in [0.29, 0.717) is 6.42 Å². The summed E-state index contributed by atoms with van der Waals surface area (Å²) in [6, 6.07) is 9.01. The van der Waals surface area contributed by atoms with E-state index in [-0.39, 0.29) is 42.8 Å². The van der Waals surface area contributed by atoms with Crippen LogP contribution in [0.4, 0.5) is 5.69 Å². The van der Waals surface area contributed by atoms with Gasteiger partial charge in [-0.3, -0.25) is 9.69 Å². The molecule has 2 heterocycles. The summed E-state index contributed by atoms with van der Waals surface area (Å²) in [6.07, 6.45) is 3.98. The number of aryl methyl sites for hydroxylation is 1. The van der Waals surface area contributed by atoms with Gasteiger partial charge in [0, 0.05) is 63.5 Å². The summed E-state index contributed by atoms with van der Waals surface area (Å²) in [7, 11) is 0. The summed E-state index contributed by atoms with van der Waals surface area (Å²) >= 11 is 0. The summed E-state index contributed by atoms with van der Waals surface area (Å²) in [5.41, 5.74) is 8.73. The lowest BCUT2D eigenvalue weighted by atomic mass is 9.96. The Bertz CT molecular complexity index is 606. The molecule has 5 nitrogen and oxygen atoms in total. The third-order valence-electron chi connectivity index (χ3n) is 5.86. The number of likely N-dealkylation sites (tertiary alicyclic amines) is 1. The molecule has 2 fully saturated rings. The number of benzene rings is 1. The smallest absolute Gasteiger partial charge is 0.224 e. The number of carbonyl (C=O) groups excluding carboxylic acids is 1. The van der Waals surface area contributed by atoms with Gasteiger partial charge < -0.3 is 15.5 Å². The maximum absolute atomic E-state index is 12.7. The molecule has 0 saturated carbocycles. The molecule has 0 spiro atoms. The van der Waals surface area contributed by atoms with Gasteiger partial charge in [0.15, 0.2) is 0 Å². The maximum atomic E-state index is 12.7. The summed E-state index contributed by atoms with van der Waals surface area (Å²) < 4.78 is 0. The van der Waals surface area contributed by atoms with Crippen LogP contribution in [0.5, 0.6) is 0 Å². The molecule has 28 heavy (non-hydrogen) atoms. The number of carbonyl (C=O) groups is 1. The quantitative estimate of drug-likeness (QED) is 0.779. The number of halogens is 2. The molecule has 2 aliphatic rings. The number of piperazine rings is 1. The van der Waals surface area contributed by atoms with Crippen LogP contribution in [-0.4, -0.2) is 67.1 Å². The fourth-order valence-corrected chi connectivity index (χ4v) is 4.27. The molecule has 1 aromatic carbocycles. The molecule has 2 unspecified atom stereocenters. The second-order valence-electron chi connectivity index (χ2n) is 7.93. The van der Waals surface area contributed by atoms with Crippen molar-refractivity contribution in [3.63, 3.8) is 0 Å². The molecule has 1 amide bonds. The molecule has 2 aliphatic heterocycles. The number of amides is 1. The Balaban J connectivity index is 0.00000196. The number of hydrogen-bond donors (Lipinski definition) is 1. The number of nitrogens with two attached hydrogens (primary N) is 1. The SMILES string of the molecule is Cc1cccc(N2CCN(CCC(=O)N3CCCCC3C(C)N)CC2)c1.Cl.Cl. The van der Waals surface area contributed by atoms with Gasteiger partial charge in [-0.2, -0.15) is 0 Å². The van der Waals surface area contributed by atoms with Gasteiger partial charge in [0.2, 0.25) is 5.91 Å². The largest absolute Gasteiger partial charge is 0.369 e. The van der Waals surface area contributed by atoms with Crippen molar-refractivity contribution in [1.29, 1.82) is 0 Å². The zero-order valence-corrected chi connectivity index (χ0v) is 18.8. The Morgan fingerprint density at radius 3 is 2.50 bits per heavy atom. The number of nitrogens with zero attached hydrogens (tertiary/aromatic N) is 3. The highest BCUT2D eigenvalue weighted by atomic mass is 35.5. The van der Waals surface area contributed by atoms with Crippen LogP contribution >= 0.6 is 24.8 Å². The van der Waals surface area contributed by atoms with Crippen molar-refractivity contribution < 1.29 is 4.79 Å². The zero-order valence-electron chi connectivity index (χ0n) is 17.2. The molecule has 0 aliphatic carbocycles. The number of hydrogen-bond acceptors (Lipinski definition) is 4. The molecule has 2 N–H and O–H groups in total. The molecule has 1 aromatic rings. The van der Waals surface area contributed by atoms with Gasteiger partial charge in [-0.05, 0) is 50.8 Å². The van der Waals surface area contributed by atoms with Crippen LogP contribution in [0, 0.1) is 6.92 Å². The van der Waals surface area contributed by atoms with Gasteiger partial charge in [0.25, 0.3) is 0 Å². The second kappa shape index (κ2) is 11.9. The Kier molecular flexibility index (Phi) is 10.6. The fourth-order valence-electron chi connectivity index (χ4n) is 4.27. The van der Waals surface area contributed by atoms with E-state index < -0.39 is 0 Å². The molecule has 160 valence electrons. The highest BCUT2D eigenvalue weighted by Crippen LogP contribution is 2.21. The minimum absolute atomic E-state index is 0. The van der Waals surface area contributed by atoms with Gasteiger partial charge in [0.05, 0.1) is 0 Å². The third kappa shape index (κ3) is 6.51. The molecule has 2 saturated heterocycles. The van der Waals surface area contributed by atoms with E-state index in [9.17, 15) is 4.79 Å². The van der Waals surface area contributed by atoms with E-state index in [2.05, 4.69) is 45.9 Å². The van der Waals surface area contributed by atoms with Gasteiger partial charge in [0.1, 0.15) is 0 Å². The molecular formula is C21H36Cl2N4O. The normalized spacial score (nSPS) is 21.5. The van der Waals surface area contributed by atoms with E-state index in [0.717, 1.165) is 52.1 Å². The van der Waals surface area contributed by atoms with Crippen molar-refractivity contribution in [2.45, 2.75) is 51.6 Å². The van der Waals surface area contributed by atoms with Crippen LogP contribution in [0.25, 0.3) is 0 Å². The van der Waals surface area contributed by atoms with Gasteiger partial charge in [-0.15, -0.1) is 24.8 Å². The topological polar surface area (TPSA) is 52.8 Å². The summed E-state index contributed by atoms with van der Waals surface area (Å²) in [4.78, 5) is 19.6. The predicted octanol–water partition coefficient (Wildman–Crippen LogP) is 3.08. The molecule has 7 heteroatoms. The van der Waals surface area contributed by atoms with Crippen molar-refractivity contribution in [2.75, 3.05) is 44.2 Å². The minimum atomic E-state index is 0. The first kappa shape index (κ1) is 25.0. The van der Waals surface area contributed by atoms with Crippen LogP contribution < -0.4 is 10.6 Å². The standard InChI is InChI=1S/C21H34N4O.2ClH/c1-17-6-5-7-19(16-17)24-14-12-23(13-15-24)11-9-21(26)25-10-4-3-8-20(25)18(2)22;;/h5-7,16,18,20H,3-4,8-15,22H2,1-2H3;2*1H. The first-order valence-electron chi connectivity index (χ1n) is 10.1. The Hall–Kier alpha value is -1.01. The molecule has 3 rings (SSSR count). The Labute approximate surface area is 182 Å². The summed E-state index contributed by atoms with van der Waals surface area (Å²) in [5, 5.41) is 0. The Morgan fingerprint density at radius 1 is 1.14 bits per heavy atom. The van der Waals surface area contributed by atoms with E-state index in [1.165, 1.54) is 17.7 Å². The van der Waals surface area contributed by atoms with E-state index in [1.54, 1.807) is 0 Å². The zero-order chi connectivity index (χ0) is 18.5. The van der Waals surface area contributed by atoms with E-state index in [1.807, 2.05) is 6.92 Å². The van der Waals surface area contributed by atoms with Crippen molar-refractivity contribution >= 4 is 36.4 Å². The van der Waals surface area contributed by atoms with Crippen molar-refractivity contribution in [1.82, 2.24) is 9.80 Å². The highest BCUT2D eigenvalue weighted by molar-refractivity contribution is 5.85. The maximum Gasteiger partial charge on any atom is 0.224 e. The van der Waals surface area contributed by atoms with Crippen LogP contribution in [0.3, 0.4) is 0 Å². The van der Waals surface area contributed by atoms with Crippen molar-refractivity contribution in [3.8, 4) is 0 Å². The third-order valence-corrected chi connectivity index (χ3v) is 5.86. The van der Waals surface area contributed by atoms with Gasteiger partial charge >= 0.3 is 0 Å². The molecule has 2 atom stereocenters. The monoisotopic (exact) mass is 430 g/mol. The lowest BCUT2D eigenvalue weighted by Gasteiger charge is -2.39. The summed E-state index contributed by atoms with van der Waals surface area (Å²) in [6.45, 7) is 10.0. The molecular weight excluding hydrogens is 395 g/mol. The van der Waals surface area contributed by atoms with Crippen LogP contribution in [0.15, 0.2) is 24.3 Å². The predicted molar refractivity (Wildman–Crippen MR) is 122 cm³/mol. The molecule has 0 bridgehead atoms. The van der Waals surface area contributed by atoms with E-state index in [4.69, 9.17) is 5.73 Å². The number of anilines is 1. The molecule has 0 radical (unpaired) electrons.